The average Bonchev–Trinajstić information content (AvgIpc) is 3.79. The number of anilines is 1. The second kappa shape index (κ2) is 15.4. The zero-order valence-electron chi connectivity index (χ0n) is 29.3. The first-order valence-corrected chi connectivity index (χ1v) is 18.0. The Bertz CT molecular complexity index is 2110. The van der Waals surface area contributed by atoms with Crippen LogP contribution in [-0.2, 0) is 35.3 Å². The Morgan fingerprint density at radius 2 is 1.63 bits per heavy atom. The Balaban J connectivity index is 1.21. The molecule has 0 spiro atoms. The highest BCUT2D eigenvalue weighted by molar-refractivity contribution is 6.02. The largest absolute Gasteiger partial charge is 0.508 e. The van der Waals surface area contributed by atoms with Gasteiger partial charge in [0.25, 0.3) is 0 Å². The van der Waals surface area contributed by atoms with Crippen LogP contribution in [0.3, 0.4) is 0 Å². The van der Waals surface area contributed by atoms with E-state index in [2.05, 4.69) is 27.4 Å². The van der Waals surface area contributed by atoms with E-state index in [0.29, 0.717) is 56.4 Å². The third kappa shape index (κ3) is 7.85. The number of nitrogens with one attached hydrogen (secondary N) is 3. The zero-order chi connectivity index (χ0) is 36.2. The zero-order valence-corrected chi connectivity index (χ0v) is 29.3. The number of hydrogen-bond donors (Lipinski definition) is 6. The number of phenols is 2. The van der Waals surface area contributed by atoms with Crippen LogP contribution < -0.4 is 10.1 Å². The molecule has 4 bridgehead atoms. The highest BCUT2D eigenvalue weighted by Gasteiger charge is 2.38. The number of fused-ring (bicyclic) bond motifs is 7. The monoisotopic (exact) mass is 699 g/mol. The molecule has 0 unspecified atom stereocenters. The van der Waals surface area contributed by atoms with Crippen LogP contribution in [0, 0.1) is 5.92 Å². The lowest BCUT2D eigenvalue weighted by Gasteiger charge is -2.34. The summed E-state index contributed by atoms with van der Waals surface area (Å²) in [6, 6.07) is 23.0. The van der Waals surface area contributed by atoms with Crippen molar-refractivity contribution in [2.24, 2.45) is 5.92 Å². The van der Waals surface area contributed by atoms with E-state index in [4.69, 9.17) is 4.74 Å². The van der Waals surface area contributed by atoms with Crippen LogP contribution >= 0.6 is 0 Å². The number of aryl methyl sites for hydroxylation is 2. The predicted octanol–water partition coefficient (Wildman–Crippen LogP) is 7.01. The molecule has 9 nitrogen and oxygen atoms in total. The molecule has 9 heteroatoms. The van der Waals surface area contributed by atoms with Gasteiger partial charge in [0.1, 0.15) is 23.1 Å². The van der Waals surface area contributed by atoms with Crippen LogP contribution in [0.2, 0.25) is 0 Å². The van der Waals surface area contributed by atoms with Crippen LogP contribution in [0.4, 0.5) is 5.82 Å². The van der Waals surface area contributed by atoms with Crippen molar-refractivity contribution in [1.82, 2.24) is 9.97 Å². The number of hydrogen-bond acceptors (Lipinski definition) is 7. The number of phenolic OH excluding ortho intramolecular Hbond substituents is 2. The molecular weight excluding hydrogens is 654 g/mol. The highest BCUT2D eigenvalue weighted by atomic mass is 16.5. The summed E-state index contributed by atoms with van der Waals surface area (Å²) in [5.74, 6) is 0.180. The van der Waals surface area contributed by atoms with Crippen molar-refractivity contribution >= 4 is 23.5 Å². The fraction of sp³-hybridized carbons (Fsp3) is 0.302. The molecule has 0 radical (unpaired) electrons. The molecule has 52 heavy (non-hydrogen) atoms. The molecular formula is C43H45N3O6. The minimum absolute atomic E-state index is 0.0806. The van der Waals surface area contributed by atoms with Crippen molar-refractivity contribution in [1.29, 1.82) is 0 Å². The van der Waals surface area contributed by atoms with Gasteiger partial charge in [-0.1, -0.05) is 42.5 Å². The molecule has 7 rings (SSSR count). The van der Waals surface area contributed by atoms with Crippen molar-refractivity contribution in [3.63, 3.8) is 0 Å². The predicted molar refractivity (Wildman–Crippen MR) is 201 cm³/mol. The van der Waals surface area contributed by atoms with Gasteiger partial charge in [0, 0.05) is 61.3 Å². The van der Waals surface area contributed by atoms with Gasteiger partial charge < -0.3 is 35.3 Å². The highest BCUT2D eigenvalue weighted by Crippen LogP contribution is 2.43. The van der Waals surface area contributed by atoms with Gasteiger partial charge in [-0.05, 0) is 101 Å². The summed E-state index contributed by atoms with van der Waals surface area (Å²) in [5, 5.41) is 35.9. The molecule has 1 aliphatic carbocycles. The van der Waals surface area contributed by atoms with Crippen LogP contribution in [-0.4, -0.2) is 56.6 Å². The number of Topliss-reactive ketones (excluding diaryl/α,β-unsaturated/α-hetero) is 2. The number of H-pyrrole nitrogens is 2. The van der Waals surface area contributed by atoms with Gasteiger partial charge in [-0.2, -0.15) is 0 Å². The molecule has 2 aliphatic rings. The van der Waals surface area contributed by atoms with Crippen LogP contribution in [0.5, 0.6) is 17.2 Å². The fourth-order valence-corrected chi connectivity index (χ4v) is 7.90. The molecule has 0 saturated carbocycles. The first-order valence-electron chi connectivity index (χ1n) is 18.0. The molecule has 5 aromatic rings. The standard InChI is InChI=1S/C43H45N3O6/c1-52-40-21-29-9-11-35(49)24-39(50)41-32(22-38-36(13-15-44-38)37(41)23-34(48)10-8-26-4-3-7-33(47)20-26)25-46-43-30(12-14-45-43)17-27-5-2-6-28(16-27)18-31(19-29)42(40)51/h2-7,12-16,19-22,34,37,41,44-48,51H,8-11,17-18,23-25H2,1H3/t34-,37-,41-/m1/s1. The number of benzene rings is 3. The number of ketones is 2. The van der Waals surface area contributed by atoms with E-state index in [9.17, 15) is 24.9 Å². The lowest BCUT2D eigenvalue weighted by molar-refractivity contribution is -0.129. The Morgan fingerprint density at radius 3 is 2.44 bits per heavy atom. The fourth-order valence-electron chi connectivity index (χ4n) is 7.90. The maximum Gasteiger partial charge on any atom is 0.161 e. The quantitative estimate of drug-likeness (QED) is 0.105. The van der Waals surface area contributed by atoms with E-state index < -0.39 is 12.0 Å². The molecule has 3 aromatic carbocycles. The van der Waals surface area contributed by atoms with E-state index in [1.807, 2.05) is 54.9 Å². The Hall–Kier alpha value is -5.54. The number of methoxy groups -OCH3 is 1. The molecule has 0 amide bonds. The number of aliphatic hydroxyl groups excluding tert-OH is 1. The van der Waals surface area contributed by atoms with E-state index in [1.165, 1.54) is 7.11 Å². The van der Waals surface area contributed by atoms with Crippen molar-refractivity contribution in [3.8, 4) is 17.2 Å². The van der Waals surface area contributed by atoms with E-state index in [1.54, 1.807) is 24.3 Å². The molecule has 6 N–H and O–H groups in total. The molecule has 0 saturated heterocycles. The summed E-state index contributed by atoms with van der Waals surface area (Å²) in [6.07, 6.45) is 7.93. The number of ether oxygens (including phenoxy) is 1. The number of carbonyl (C=O) groups is 2. The maximum atomic E-state index is 14.4. The smallest absolute Gasteiger partial charge is 0.161 e. The summed E-state index contributed by atoms with van der Waals surface area (Å²) in [4.78, 5) is 34.6. The molecule has 3 heterocycles. The topological polar surface area (TPSA) is 148 Å². The summed E-state index contributed by atoms with van der Waals surface area (Å²) in [7, 11) is 1.52. The SMILES string of the molecule is COc1cc2cc(c1O)Cc1cccc(c1)Cc1cc[nH]c1NCC1=Cc3[nH]ccc3[C@@H](C[C@H](O)CCc3cccc(O)c3)[C@@H]1C(=O)CC(=O)CC2. The second-order valence-electron chi connectivity index (χ2n) is 14.1. The summed E-state index contributed by atoms with van der Waals surface area (Å²) in [6.45, 7) is 0.372. The molecule has 3 atom stereocenters. The van der Waals surface area contributed by atoms with Gasteiger partial charge >= 0.3 is 0 Å². The van der Waals surface area contributed by atoms with Gasteiger partial charge in [0.15, 0.2) is 11.5 Å². The normalized spacial score (nSPS) is 18.4. The minimum atomic E-state index is -0.715. The first-order chi connectivity index (χ1) is 25.2. The number of aliphatic hydroxyl groups is 1. The summed E-state index contributed by atoms with van der Waals surface area (Å²) >= 11 is 0. The number of aromatic nitrogens is 2. The average molecular weight is 700 g/mol. The van der Waals surface area contributed by atoms with Crippen LogP contribution in [0.15, 0.2) is 90.8 Å². The first kappa shape index (κ1) is 34.9. The summed E-state index contributed by atoms with van der Waals surface area (Å²) in [5.41, 5.74) is 8.42. The van der Waals surface area contributed by atoms with Crippen LogP contribution in [0.1, 0.15) is 76.2 Å². The Labute approximate surface area is 303 Å². The van der Waals surface area contributed by atoms with Crippen LogP contribution in [0.25, 0.3) is 6.08 Å². The van der Waals surface area contributed by atoms with Crippen molar-refractivity contribution in [3.05, 3.63) is 135 Å². The number of carbonyl (C=O) groups excluding carboxylic acids is 2. The second-order valence-corrected chi connectivity index (χ2v) is 14.1. The molecule has 0 fully saturated rings. The van der Waals surface area contributed by atoms with Gasteiger partial charge in [0.05, 0.1) is 19.6 Å². The third-order valence-electron chi connectivity index (χ3n) is 10.5. The number of aromatic amines is 2. The van der Waals surface area contributed by atoms with Crippen molar-refractivity contribution in [2.45, 2.75) is 63.4 Å². The lowest BCUT2D eigenvalue weighted by Crippen LogP contribution is -2.33. The Kier molecular flexibility index (Phi) is 10.3. The molecule has 2 aromatic heterocycles. The number of rotatable bonds is 6. The lowest BCUT2D eigenvalue weighted by atomic mass is 9.71. The van der Waals surface area contributed by atoms with E-state index >= 15 is 0 Å². The number of aromatic hydroxyl groups is 2. The third-order valence-corrected chi connectivity index (χ3v) is 10.5. The molecule has 268 valence electrons. The van der Waals surface area contributed by atoms with E-state index in [0.717, 1.165) is 50.5 Å². The van der Waals surface area contributed by atoms with Gasteiger partial charge in [-0.25, -0.2) is 0 Å². The van der Waals surface area contributed by atoms with Crippen molar-refractivity contribution < 1.29 is 29.6 Å². The van der Waals surface area contributed by atoms with Crippen molar-refractivity contribution in [2.75, 3.05) is 19.0 Å². The van der Waals surface area contributed by atoms with Gasteiger partial charge in [0.2, 0.25) is 0 Å². The van der Waals surface area contributed by atoms with E-state index in [-0.39, 0.29) is 41.8 Å². The Morgan fingerprint density at radius 1 is 0.846 bits per heavy atom. The summed E-state index contributed by atoms with van der Waals surface area (Å²) < 4.78 is 5.51. The minimum Gasteiger partial charge on any atom is -0.508 e. The van der Waals surface area contributed by atoms with Gasteiger partial charge in [-0.3, -0.25) is 9.59 Å². The molecule has 1 aliphatic heterocycles. The maximum absolute atomic E-state index is 14.4. The van der Waals surface area contributed by atoms with Gasteiger partial charge in [-0.15, -0.1) is 0 Å².